The highest BCUT2D eigenvalue weighted by molar-refractivity contribution is 7.89. The lowest BCUT2D eigenvalue weighted by Crippen LogP contribution is -2.45. The molecule has 1 aliphatic heterocycles. The van der Waals surface area contributed by atoms with Crippen LogP contribution in [0, 0.1) is 0 Å². The summed E-state index contributed by atoms with van der Waals surface area (Å²) in [5.74, 6) is -0.743. The van der Waals surface area contributed by atoms with Crippen LogP contribution in [-0.2, 0) is 23.0 Å². The Balaban J connectivity index is 1.71. The summed E-state index contributed by atoms with van der Waals surface area (Å²) in [5, 5.41) is 0. The van der Waals surface area contributed by atoms with Crippen LogP contribution < -0.4 is 9.46 Å². The molecular formula is C20H23F3N2O3S. The Bertz CT molecular complexity index is 948. The molecule has 29 heavy (non-hydrogen) atoms. The number of hydrogen-bond donors (Lipinski definition) is 1. The van der Waals surface area contributed by atoms with Crippen LogP contribution in [0.4, 0.5) is 13.2 Å². The number of fused-ring (bicyclic) bond motifs is 1. The van der Waals surface area contributed by atoms with E-state index in [1.807, 2.05) is 19.1 Å². The van der Waals surface area contributed by atoms with Crippen molar-refractivity contribution < 1.29 is 26.3 Å². The van der Waals surface area contributed by atoms with E-state index in [0.717, 1.165) is 25.1 Å². The molecule has 1 N–H and O–H groups in total. The van der Waals surface area contributed by atoms with Crippen molar-refractivity contribution in [3.63, 3.8) is 0 Å². The molecule has 0 spiro atoms. The monoisotopic (exact) mass is 428 g/mol. The number of alkyl halides is 3. The van der Waals surface area contributed by atoms with Gasteiger partial charge in [-0.15, -0.1) is 13.2 Å². The SMILES string of the molecule is CCC(CNS(=O)(=O)c1ccccc1OC(F)(F)F)N1CCc2ccccc2C1. The van der Waals surface area contributed by atoms with Gasteiger partial charge in [-0.1, -0.05) is 43.3 Å². The predicted octanol–water partition coefficient (Wildman–Crippen LogP) is 3.70. The van der Waals surface area contributed by atoms with Gasteiger partial charge in [-0.3, -0.25) is 4.90 Å². The Hall–Kier alpha value is -2.10. The van der Waals surface area contributed by atoms with E-state index in [1.54, 1.807) is 0 Å². The van der Waals surface area contributed by atoms with Gasteiger partial charge >= 0.3 is 6.36 Å². The van der Waals surface area contributed by atoms with E-state index in [1.165, 1.54) is 23.3 Å². The van der Waals surface area contributed by atoms with Crippen molar-refractivity contribution in [2.45, 2.75) is 43.6 Å². The lowest BCUT2D eigenvalue weighted by atomic mass is 9.98. The van der Waals surface area contributed by atoms with Gasteiger partial charge < -0.3 is 4.74 Å². The van der Waals surface area contributed by atoms with Crippen molar-refractivity contribution in [2.24, 2.45) is 0 Å². The van der Waals surface area contributed by atoms with Crippen molar-refractivity contribution in [1.82, 2.24) is 9.62 Å². The zero-order valence-corrected chi connectivity index (χ0v) is 16.8. The lowest BCUT2D eigenvalue weighted by molar-refractivity contribution is -0.275. The van der Waals surface area contributed by atoms with Crippen molar-refractivity contribution in [3.05, 3.63) is 59.7 Å². The summed E-state index contributed by atoms with van der Waals surface area (Å²) >= 11 is 0. The van der Waals surface area contributed by atoms with Gasteiger partial charge in [-0.05, 0) is 36.1 Å². The van der Waals surface area contributed by atoms with E-state index < -0.39 is 27.0 Å². The molecule has 1 heterocycles. The van der Waals surface area contributed by atoms with Gasteiger partial charge in [0.05, 0.1) is 0 Å². The fraction of sp³-hybridized carbons (Fsp3) is 0.400. The van der Waals surface area contributed by atoms with Gasteiger partial charge in [0.2, 0.25) is 10.0 Å². The summed E-state index contributed by atoms with van der Waals surface area (Å²) in [6.07, 6.45) is -3.40. The molecule has 0 fully saturated rings. The van der Waals surface area contributed by atoms with Gasteiger partial charge in [0, 0.05) is 25.7 Å². The van der Waals surface area contributed by atoms with Gasteiger partial charge in [0.15, 0.2) is 0 Å². The fourth-order valence-electron chi connectivity index (χ4n) is 3.53. The largest absolute Gasteiger partial charge is 0.573 e. The standard InChI is InChI=1S/C20H23F3N2O3S/c1-2-17(25-12-11-15-7-3-4-8-16(15)14-25)13-24-29(26,27)19-10-6-5-9-18(19)28-20(21,22)23/h3-10,17,24H,2,11-14H2,1H3. The van der Waals surface area contributed by atoms with Crippen LogP contribution in [0.2, 0.25) is 0 Å². The van der Waals surface area contributed by atoms with E-state index >= 15 is 0 Å². The maximum Gasteiger partial charge on any atom is 0.573 e. The van der Waals surface area contributed by atoms with Crippen LogP contribution in [0.15, 0.2) is 53.4 Å². The third-order valence-corrected chi connectivity index (χ3v) is 6.48. The smallest absolute Gasteiger partial charge is 0.404 e. The number of nitrogens with zero attached hydrogens (tertiary/aromatic N) is 1. The summed E-state index contributed by atoms with van der Waals surface area (Å²) in [7, 11) is -4.17. The zero-order valence-electron chi connectivity index (χ0n) is 15.9. The minimum atomic E-state index is -4.97. The molecule has 0 aliphatic carbocycles. The maximum atomic E-state index is 12.7. The first-order chi connectivity index (χ1) is 13.7. The van der Waals surface area contributed by atoms with E-state index in [-0.39, 0.29) is 12.6 Å². The molecule has 2 aromatic carbocycles. The number of hydrogen-bond acceptors (Lipinski definition) is 4. The number of sulfonamides is 1. The molecule has 0 bridgehead atoms. The van der Waals surface area contributed by atoms with Crippen molar-refractivity contribution in [3.8, 4) is 5.75 Å². The molecule has 1 atom stereocenters. The highest BCUT2D eigenvalue weighted by Crippen LogP contribution is 2.29. The zero-order chi connectivity index (χ0) is 21.1. The summed E-state index contributed by atoms with van der Waals surface area (Å²) in [4.78, 5) is 1.67. The molecule has 0 saturated carbocycles. The molecule has 2 aromatic rings. The second-order valence-electron chi connectivity index (χ2n) is 6.90. The number of benzene rings is 2. The van der Waals surface area contributed by atoms with Crippen LogP contribution in [0.1, 0.15) is 24.5 Å². The minimum Gasteiger partial charge on any atom is -0.404 e. The second kappa shape index (κ2) is 8.73. The Labute approximate surface area is 168 Å². The van der Waals surface area contributed by atoms with E-state index in [4.69, 9.17) is 0 Å². The average Bonchev–Trinajstić information content (AvgIpc) is 2.67. The van der Waals surface area contributed by atoms with Crippen molar-refractivity contribution >= 4 is 10.0 Å². The lowest BCUT2D eigenvalue weighted by Gasteiger charge is -2.35. The normalized spacial score (nSPS) is 16.3. The summed E-state index contributed by atoms with van der Waals surface area (Å²) < 4.78 is 69.5. The van der Waals surface area contributed by atoms with E-state index in [0.29, 0.717) is 13.0 Å². The predicted molar refractivity (Wildman–Crippen MR) is 103 cm³/mol. The van der Waals surface area contributed by atoms with Gasteiger partial charge in [0.1, 0.15) is 10.6 Å². The fourth-order valence-corrected chi connectivity index (χ4v) is 4.73. The molecule has 5 nitrogen and oxygen atoms in total. The molecule has 0 amide bonds. The Kier molecular flexibility index (Phi) is 6.50. The van der Waals surface area contributed by atoms with Crippen LogP contribution in [-0.4, -0.2) is 38.8 Å². The van der Waals surface area contributed by atoms with E-state index in [2.05, 4.69) is 26.5 Å². The summed E-state index contributed by atoms with van der Waals surface area (Å²) in [6, 6.07) is 12.8. The Morgan fingerprint density at radius 1 is 1.10 bits per heavy atom. The average molecular weight is 428 g/mol. The molecule has 158 valence electrons. The second-order valence-corrected chi connectivity index (χ2v) is 8.63. The third kappa shape index (κ3) is 5.49. The molecule has 3 rings (SSSR count). The third-order valence-electron chi connectivity index (χ3n) is 5.02. The van der Waals surface area contributed by atoms with Crippen LogP contribution >= 0.6 is 0 Å². The highest BCUT2D eigenvalue weighted by atomic mass is 32.2. The van der Waals surface area contributed by atoms with Gasteiger partial charge in [-0.2, -0.15) is 0 Å². The van der Waals surface area contributed by atoms with Crippen LogP contribution in [0.5, 0.6) is 5.75 Å². The minimum absolute atomic E-state index is 0.0752. The molecule has 1 unspecified atom stereocenters. The van der Waals surface area contributed by atoms with Crippen LogP contribution in [0.25, 0.3) is 0 Å². The van der Waals surface area contributed by atoms with Crippen molar-refractivity contribution in [1.29, 1.82) is 0 Å². The number of para-hydroxylation sites is 1. The Morgan fingerprint density at radius 3 is 2.45 bits per heavy atom. The number of rotatable bonds is 7. The molecule has 9 heteroatoms. The maximum absolute atomic E-state index is 12.7. The molecule has 0 aromatic heterocycles. The Morgan fingerprint density at radius 2 is 1.76 bits per heavy atom. The topological polar surface area (TPSA) is 58.6 Å². The quantitative estimate of drug-likeness (QED) is 0.731. The van der Waals surface area contributed by atoms with E-state index in [9.17, 15) is 21.6 Å². The van der Waals surface area contributed by atoms with Crippen molar-refractivity contribution in [2.75, 3.05) is 13.1 Å². The number of nitrogens with one attached hydrogen (secondary N) is 1. The summed E-state index contributed by atoms with van der Waals surface area (Å²) in [6.45, 7) is 3.57. The first-order valence-electron chi connectivity index (χ1n) is 9.35. The molecular weight excluding hydrogens is 405 g/mol. The summed E-state index contributed by atoms with van der Waals surface area (Å²) in [5.41, 5.74) is 2.50. The van der Waals surface area contributed by atoms with Crippen LogP contribution in [0.3, 0.4) is 0 Å². The number of ether oxygens (including phenoxy) is 1. The first kappa shape index (κ1) is 21.6. The number of halogens is 3. The molecule has 0 saturated heterocycles. The first-order valence-corrected chi connectivity index (χ1v) is 10.8. The van der Waals surface area contributed by atoms with Gasteiger partial charge in [0.25, 0.3) is 0 Å². The molecule has 0 radical (unpaired) electrons. The molecule has 1 aliphatic rings. The van der Waals surface area contributed by atoms with Gasteiger partial charge in [-0.25, -0.2) is 13.1 Å². The highest BCUT2D eigenvalue weighted by Gasteiger charge is 2.34.